The third-order valence-corrected chi connectivity index (χ3v) is 4.75. The maximum Gasteiger partial charge on any atom is 0.410 e. The van der Waals surface area contributed by atoms with Crippen LogP contribution in [0.2, 0.25) is 5.02 Å². The third-order valence-electron chi connectivity index (χ3n) is 4.51. The molecule has 1 aromatic rings. The SMILES string of the molecule is CC(C)(C)OC(=O)N1CCN(C(=O)CN2C(=O)C(=O)c3cc(Cl)ccc32)CC1. The molecule has 0 atom stereocenters. The number of ketones is 1. The van der Waals surface area contributed by atoms with Crippen molar-refractivity contribution in [3.8, 4) is 0 Å². The molecule has 0 spiro atoms. The van der Waals surface area contributed by atoms with Crippen LogP contribution in [0.3, 0.4) is 0 Å². The van der Waals surface area contributed by atoms with Crippen LogP contribution in [0.15, 0.2) is 18.2 Å². The molecule has 0 radical (unpaired) electrons. The second kappa shape index (κ2) is 7.43. The second-order valence-electron chi connectivity index (χ2n) is 7.73. The van der Waals surface area contributed by atoms with Crippen molar-refractivity contribution >= 4 is 41.0 Å². The average Bonchev–Trinajstić information content (AvgIpc) is 2.85. The summed E-state index contributed by atoms with van der Waals surface area (Å²) in [6.07, 6.45) is -0.411. The lowest BCUT2D eigenvalue weighted by Crippen LogP contribution is -2.53. The van der Waals surface area contributed by atoms with Crippen LogP contribution < -0.4 is 4.90 Å². The number of piperazine rings is 1. The van der Waals surface area contributed by atoms with Crippen LogP contribution in [-0.4, -0.2) is 71.8 Å². The van der Waals surface area contributed by atoms with E-state index in [1.807, 2.05) is 0 Å². The molecule has 1 aromatic carbocycles. The molecular formula is C19H22ClN3O5. The molecule has 3 amide bonds. The van der Waals surface area contributed by atoms with Crippen molar-refractivity contribution in [1.29, 1.82) is 0 Å². The third kappa shape index (κ3) is 4.11. The van der Waals surface area contributed by atoms with Crippen molar-refractivity contribution in [3.05, 3.63) is 28.8 Å². The van der Waals surface area contributed by atoms with Gasteiger partial charge in [0, 0.05) is 31.2 Å². The number of halogens is 1. The van der Waals surface area contributed by atoms with E-state index in [9.17, 15) is 19.2 Å². The zero-order valence-electron chi connectivity index (χ0n) is 16.0. The first-order chi connectivity index (χ1) is 13.1. The lowest BCUT2D eigenvalue weighted by molar-refractivity contribution is -0.132. The molecule has 0 unspecified atom stereocenters. The number of amides is 3. The Morgan fingerprint density at radius 2 is 1.68 bits per heavy atom. The first-order valence-corrected chi connectivity index (χ1v) is 9.36. The van der Waals surface area contributed by atoms with Crippen molar-refractivity contribution in [1.82, 2.24) is 9.80 Å². The van der Waals surface area contributed by atoms with E-state index >= 15 is 0 Å². The van der Waals surface area contributed by atoms with Gasteiger partial charge in [-0.15, -0.1) is 0 Å². The van der Waals surface area contributed by atoms with Gasteiger partial charge in [-0.3, -0.25) is 19.3 Å². The first-order valence-electron chi connectivity index (χ1n) is 8.98. The van der Waals surface area contributed by atoms with Gasteiger partial charge in [0.2, 0.25) is 5.91 Å². The molecular weight excluding hydrogens is 386 g/mol. The molecule has 0 aromatic heterocycles. The number of hydrogen-bond donors (Lipinski definition) is 0. The lowest BCUT2D eigenvalue weighted by Gasteiger charge is -2.36. The standard InChI is InChI=1S/C19H22ClN3O5/c1-19(2,3)28-18(27)22-8-6-21(7-9-22)15(24)11-23-14-5-4-12(20)10-13(14)16(25)17(23)26/h4-5,10H,6-9,11H2,1-3H3. The molecule has 28 heavy (non-hydrogen) atoms. The number of hydrogen-bond acceptors (Lipinski definition) is 5. The highest BCUT2D eigenvalue weighted by Crippen LogP contribution is 2.31. The van der Waals surface area contributed by atoms with Gasteiger partial charge >= 0.3 is 6.09 Å². The van der Waals surface area contributed by atoms with E-state index < -0.39 is 23.4 Å². The van der Waals surface area contributed by atoms with Gasteiger partial charge in [0.25, 0.3) is 11.7 Å². The molecule has 0 aliphatic carbocycles. The topological polar surface area (TPSA) is 87.2 Å². The lowest BCUT2D eigenvalue weighted by atomic mass is 10.1. The summed E-state index contributed by atoms with van der Waals surface area (Å²) < 4.78 is 5.34. The van der Waals surface area contributed by atoms with Gasteiger partial charge < -0.3 is 14.5 Å². The fraction of sp³-hybridized carbons (Fsp3) is 0.474. The molecule has 9 heteroatoms. The fourth-order valence-corrected chi connectivity index (χ4v) is 3.30. The summed E-state index contributed by atoms with van der Waals surface area (Å²) in [6.45, 7) is 6.52. The van der Waals surface area contributed by atoms with Gasteiger partial charge in [0.15, 0.2) is 0 Å². The first kappa shape index (κ1) is 20.1. The normalized spacial score (nSPS) is 17.1. The van der Waals surface area contributed by atoms with Crippen molar-refractivity contribution in [2.45, 2.75) is 26.4 Å². The predicted octanol–water partition coefficient (Wildman–Crippen LogP) is 1.95. The number of Topliss-reactive ketones (excluding diaryl/α,β-unsaturated/α-hetero) is 1. The van der Waals surface area contributed by atoms with E-state index in [0.29, 0.717) is 36.9 Å². The van der Waals surface area contributed by atoms with E-state index in [2.05, 4.69) is 0 Å². The molecule has 2 heterocycles. The molecule has 0 saturated carbocycles. The molecule has 1 fully saturated rings. The van der Waals surface area contributed by atoms with Gasteiger partial charge in [-0.2, -0.15) is 0 Å². The highest BCUT2D eigenvalue weighted by Gasteiger charge is 2.38. The minimum absolute atomic E-state index is 0.208. The number of carbonyl (C=O) groups is 4. The van der Waals surface area contributed by atoms with Crippen LogP contribution in [0, 0.1) is 0 Å². The number of carbonyl (C=O) groups excluding carboxylic acids is 4. The van der Waals surface area contributed by atoms with Crippen molar-refractivity contribution in [2.24, 2.45) is 0 Å². The number of fused-ring (bicyclic) bond motifs is 1. The molecule has 2 aliphatic heterocycles. The van der Waals surface area contributed by atoms with Crippen molar-refractivity contribution in [2.75, 3.05) is 37.6 Å². The van der Waals surface area contributed by atoms with E-state index in [1.54, 1.807) is 42.7 Å². The summed E-state index contributed by atoms with van der Waals surface area (Å²) in [5.41, 5.74) is 0.0170. The molecule has 2 aliphatic rings. The van der Waals surface area contributed by atoms with Crippen LogP contribution >= 0.6 is 11.6 Å². The van der Waals surface area contributed by atoms with Crippen LogP contribution in [-0.2, 0) is 14.3 Å². The summed E-state index contributed by atoms with van der Waals surface area (Å²) in [6, 6.07) is 4.57. The number of anilines is 1. The van der Waals surface area contributed by atoms with Gasteiger partial charge in [0.1, 0.15) is 12.1 Å². The Kier molecular flexibility index (Phi) is 5.34. The smallest absolute Gasteiger partial charge is 0.410 e. The Hall–Kier alpha value is -2.61. The zero-order valence-corrected chi connectivity index (χ0v) is 16.8. The molecule has 0 N–H and O–H groups in total. The van der Waals surface area contributed by atoms with Crippen molar-refractivity contribution < 1.29 is 23.9 Å². The summed E-state index contributed by atoms with van der Waals surface area (Å²) in [5.74, 6) is -1.69. The summed E-state index contributed by atoms with van der Waals surface area (Å²) >= 11 is 5.89. The van der Waals surface area contributed by atoms with Gasteiger partial charge in [-0.25, -0.2) is 4.79 Å². The van der Waals surface area contributed by atoms with Gasteiger partial charge in [0.05, 0.1) is 11.3 Å². The minimum atomic E-state index is -0.738. The number of ether oxygens (including phenoxy) is 1. The Balaban J connectivity index is 1.61. The molecule has 8 nitrogen and oxygen atoms in total. The summed E-state index contributed by atoms with van der Waals surface area (Å²) in [4.78, 5) is 53.4. The molecule has 0 bridgehead atoms. The molecule has 150 valence electrons. The fourth-order valence-electron chi connectivity index (χ4n) is 3.13. The summed E-state index contributed by atoms with van der Waals surface area (Å²) in [7, 11) is 0. The highest BCUT2D eigenvalue weighted by atomic mass is 35.5. The number of nitrogens with zero attached hydrogens (tertiary/aromatic N) is 3. The highest BCUT2D eigenvalue weighted by molar-refractivity contribution is 6.53. The Bertz CT molecular complexity index is 840. The van der Waals surface area contributed by atoms with Crippen molar-refractivity contribution in [3.63, 3.8) is 0 Å². The monoisotopic (exact) mass is 407 g/mol. The van der Waals surface area contributed by atoms with Crippen LogP contribution in [0.25, 0.3) is 0 Å². The predicted molar refractivity (Wildman–Crippen MR) is 103 cm³/mol. The maximum atomic E-state index is 12.6. The number of rotatable bonds is 2. The second-order valence-corrected chi connectivity index (χ2v) is 8.17. The quantitative estimate of drug-likeness (QED) is 0.699. The van der Waals surface area contributed by atoms with Crippen LogP contribution in [0.1, 0.15) is 31.1 Å². The largest absolute Gasteiger partial charge is 0.444 e. The molecule has 3 rings (SSSR count). The van der Waals surface area contributed by atoms with E-state index in [4.69, 9.17) is 16.3 Å². The average molecular weight is 408 g/mol. The van der Waals surface area contributed by atoms with Gasteiger partial charge in [-0.1, -0.05) is 11.6 Å². The van der Waals surface area contributed by atoms with Gasteiger partial charge in [-0.05, 0) is 39.0 Å². The Morgan fingerprint density at radius 3 is 2.29 bits per heavy atom. The number of benzene rings is 1. The van der Waals surface area contributed by atoms with E-state index in [0.717, 1.165) is 0 Å². The van der Waals surface area contributed by atoms with E-state index in [-0.39, 0.29) is 18.0 Å². The Morgan fingerprint density at radius 1 is 1.07 bits per heavy atom. The zero-order chi connectivity index (χ0) is 20.6. The minimum Gasteiger partial charge on any atom is -0.444 e. The van der Waals surface area contributed by atoms with E-state index in [1.165, 1.54) is 11.0 Å². The molecule has 1 saturated heterocycles. The maximum absolute atomic E-state index is 12.6. The summed E-state index contributed by atoms with van der Waals surface area (Å²) in [5, 5.41) is 0.353. The Labute approximate surface area is 168 Å². The van der Waals surface area contributed by atoms with Crippen LogP contribution in [0.4, 0.5) is 10.5 Å². The van der Waals surface area contributed by atoms with Crippen LogP contribution in [0.5, 0.6) is 0 Å².